The molecule has 68 valence electrons. The monoisotopic (exact) mass is 184 g/mol. The molecular formula is C9H16N2S. The third kappa shape index (κ3) is 2.16. The molecular weight excluding hydrogens is 168 g/mol. The highest BCUT2D eigenvalue weighted by molar-refractivity contribution is 8.13. The highest BCUT2D eigenvalue weighted by atomic mass is 32.2. The van der Waals surface area contributed by atoms with Crippen molar-refractivity contribution in [3.05, 3.63) is 0 Å². The van der Waals surface area contributed by atoms with Gasteiger partial charge in [-0.05, 0) is 18.8 Å². The molecule has 0 unspecified atom stereocenters. The van der Waals surface area contributed by atoms with Crippen LogP contribution in [0.25, 0.3) is 0 Å². The standard InChI is InChI=1S/C9H16N2S/c1-2-4-8(3-1)7-12-9-10-5-6-11-9/h8H,1-7H2,(H,10,11). The lowest BCUT2D eigenvalue weighted by molar-refractivity contribution is 0.624. The first kappa shape index (κ1) is 8.42. The Morgan fingerprint density at radius 3 is 2.92 bits per heavy atom. The highest BCUT2D eigenvalue weighted by Crippen LogP contribution is 2.28. The Morgan fingerprint density at radius 2 is 2.25 bits per heavy atom. The van der Waals surface area contributed by atoms with Crippen molar-refractivity contribution in [1.29, 1.82) is 0 Å². The van der Waals surface area contributed by atoms with Crippen molar-refractivity contribution in [2.24, 2.45) is 10.9 Å². The van der Waals surface area contributed by atoms with Gasteiger partial charge < -0.3 is 5.32 Å². The molecule has 1 N–H and O–H groups in total. The molecule has 1 saturated carbocycles. The molecule has 0 bridgehead atoms. The van der Waals surface area contributed by atoms with Crippen LogP contribution >= 0.6 is 11.8 Å². The summed E-state index contributed by atoms with van der Waals surface area (Å²) in [7, 11) is 0. The number of rotatable bonds is 2. The van der Waals surface area contributed by atoms with Crippen LogP contribution in [0.3, 0.4) is 0 Å². The van der Waals surface area contributed by atoms with Crippen LogP contribution in [0.4, 0.5) is 0 Å². The van der Waals surface area contributed by atoms with E-state index in [-0.39, 0.29) is 0 Å². The van der Waals surface area contributed by atoms with E-state index in [0.717, 1.165) is 19.0 Å². The predicted molar refractivity (Wildman–Crippen MR) is 54.7 cm³/mol. The number of amidine groups is 1. The molecule has 2 nitrogen and oxygen atoms in total. The van der Waals surface area contributed by atoms with Crippen LogP contribution in [0, 0.1) is 5.92 Å². The van der Waals surface area contributed by atoms with Crippen molar-refractivity contribution in [3.8, 4) is 0 Å². The summed E-state index contributed by atoms with van der Waals surface area (Å²) in [6.07, 6.45) is 5.79. The minimum Gasteiger partial charge on any atom is -0.363 e. The number of aliphatic imine (C=N–C) groups is 1. The van der Waals surface area contributed by atoms with Gasteiger partial charge in [-0.25, -0.2) is 0 Å². The minimum absolute atomic E-state index is 0.972. The lowest BCUT2D eigenvalue weighted by Gasteiger charge is -2.07. The zero-order valence-corrected chi connectivity index (χ0v) is 8.20. The Morgan fingerprint density at radius 1 is 1.42 bits per heavy atom. The number of nitrogens with zero attached hydrogens (tertiary/aromatic N) is 1. The van der Waals surface area contributed by atoms with Gasteiger partial charge in [0.1, 0.15) is 0 Å². The third-order valence-electron chi connectivity index (χ3n) is 2.57. The maximum Gasteiger partial charge on any atom is 0.156 e. The summed E-state index contributed by atoms with van der Waals surface area (Å²) in [6, 6.07) is 0. The molecule has 0 atom stereocenters. The van der Waals surface area contributed by atoms with Gasteiger partial charge in [0, 0.05) is 12.3 Å². The van der Waals surface area contributed by atoms with Crippen LogP contribution in [-0.4, -0.2) is 24.0 Å². The largest absolute Gasteiger partial charge is 0.363 e. The molecule has 0 aromatic rings. The van der Waals surface area contributed by atoms with Gasteiger partial charge in [0.2, 0.25) is 0 Å². The fourth-order valence-corrected chi connectivity index (χ4v) is 2.96. The topological polar surface area (TPSA) is 24.4 Å². The zero-order valence-electron chi connectivity index (χ0n) is 7.38. The van der Waals surface area contributed by atoms with E-state index in [1.165, 1.54) is 36.6 Å². The molecule has 0 amide bonds. The van der Waals surface area contributed by atoms with Crippen molar-refractivity contribution >= 4 is 16.9 Å². The van der Waals surface area contributed by atoms with Crippen molar-refractivity contribution in [2.45, 2.75) is 25.7 Å². The smallest absolute Gasteiger partial charge is 0.156 e. The fraction of sp³-hybridized carbons (Fsp3) is 0.889. The van der Waals surface area contributed by atoms with Crippen LogP contribution in [0.15, 0.2) is 4.99 Å². The SMILES string of the molecule is C1CCC(CSC2=NCCN2)C1. The Labute approximate surface area is 78.2 Å². The zero-order chi connectivity index (χ0) is 8.23. The molecule has 0 saturated heterocycles. The van der Waals surface area contributed by atoms with Gasteiger partial charge in [0.25, 0.3) is 0 Å². The summed E-state index contributed by atoms with van der Waals surface area (Å²) < 4.78 is 0. The Hall–Kier alpha value is -0.180. The van der Waals surface area contributed by atoms with E-state index in [0.29, 0.717) is 0 Å². The van der Waals surface area contributed by atoms with Gasteiger partial charge in [0.05, 0.1) is 6.54 Å². The predicted octanol–water partition coefficient (Wildman–Crippen LogP) is 1.87. The van der Waals surface area contributed by atoms with Gasteiger partial charge in [-0.1, -0.05) is 24.6 Å². The molecule has 3 heteroatoms. The highest BCUT2D eigenvalue weighted by Gasteiger charge is 2.16. The van der Waals surface area contributed by atoms with E-state index in [1.54, 1.807) is 0 Å². The maximum absolute atomic E-state index is 4.37. The van der Waals surface area contributed by atoms with E-state index in [1.807, 2.05) is 11.8 Å². The van der Waals surface area contributed by atoms with E-state index in [4.69, 9.17) is 0 Å². The second-order valence-electron chi connectivity index (χ2n) is 3.58. The summed E-state index contributed by atoms with van der Waals surface area (Å²) in [4.78, 5) is 4.37. The molecule has 1 aliphatic carbocycles. The number of thioether (sulfide) groups is 1. The van der Waals surface area contributed by atoms with Crippen LogP contribution in [-0.2, 0) is 0 Å². The summed E-state index contributed by atoms with van der Waals surface area (Å²) >= 11 is 1.92. The Kier molecular flexibility index (Phi) is 2.93. The van der Waals surface area contributed by atoms with E-state index in [9.17, 15) is 0 Å². The first-order valence-electron chi connectivity index (χ1n) is 4.86. The molecule has 2 rings (SSSR count). The number of hydrogen-bond acceptors (Lipinski definition) is 3. The van der Waals surface area contributed by atoms with E-state index >= 15 is 0 Å². The second-order valence-corrected chi connectivity index (χ2v) is 4.58. The summed E-state index contributed by atoms with van der Waals surface area (Å²) in [5, 5.41) is 4.48. The first-order valence-corrected chi connectivity index (χ1v) is 5.85. The van der Waals surface area contributed by atoms with Gasteiger partial charge in [0.15, 0.2) is 5.17 Å². The Balaban J connectivity index is 1.67. The molecule has 1 aliphatic heterocycles. The van der Waals surface area contributed by atoms with Crippen LogP contribution in [0.1, 0.15) is 25.7 Å². The average Bonchev–Trinajstić information content (AvgIpc) is 2.74. The van der Waals surface area contributed by atoms with Crippen LogP contribution < -0.4 is 5.32 Å². The molecule has 0 aromatic heterocycles. The third-order valence-corrected chi connectivity index (χ3v) is 3.76. The normalized spacial score (nSPS) is 24.2. The van der Waals surface area contributed by atoms with Crippen molar-refractivity contribution in [2.75, 3.05) is 18.8 Å². The van der Waals surface area contributed by atoms with Crippen LogP contribution in [0.2, 0.25) is 0 Å². The molecule has 0 radical (unpaired) electrons. The fourth-order valence-electron chi connectivity index (χ4n) is 1.85. The second kappa shape index (κ2) is 4.17. The average molecular weight is 184 g/mol. The lowest BCUT2D eigenvalue weighted by atomic mass is 10.1. The van der Waals surface area contributed by atoms with E-state index < -0.39 is 0 Å². The summed E-state index contributed by atoms with van der Waals surface area (Å²) in [6.45, 7) is 2.03. The van der Waals surface area contributed by atoms with Crippen molar-refractivity contribution < 1.29 is 0 Å². The quantitative estimate of drug-likeness (QED) is 0.708. The molecule has 0 spiro atoms. The first-order chi connectivity index (χ1) is 5.95. The number of nitrogens with one attached hydrogen (secondary N) is 1. The molecule has 1 fully saturated rings. The van der Waals surface area contributed by atoms with Crippen LogP contribution in [0.5, 0.6) is 0 Å². The van der Waals surface area contributed by atoms with Gasteiger partial charge in [-0.2, -0.15) is 0 Å². The minimum atomic E-state index is 0.972. The van der Waals surface area contributed by atoms with Crippen molar-refractivity contribution in [1.82, 2.24) is 5.32 Å². The summed E-state index contributed by atoms with van der Waals surface area (Å²) in [5.41, 5.74) is 0. The van der Waals surface area contributed by atoms with Gasteiger partial charge in [-0.3, -0.25) is 4.99 Å². The Bertz CT molecular complexity index is 173. The van der Waals surface area contributed by atoms with Gasteiger partial charge >= 0.3 is 0 Å². The van der Waals surface area contributed by atoms with Gasteiger partial charge in [-0.15, -0.1) is 0 Å². The molecule has 12 heavy (non-hydrogen) atoms. The van der Waals surface area contributed by atoms with E-state index in [2.05, 4.69) is 10.3 Å². The maximum atomic E-state index is 4.37. The molecule has 2 aliphatic rings. The molecule has 1 heterocycles. The number of hydrogen-bond donors (Lipinski definition) is 1. The summed E-state index contributed by atoms with van der Waals surface area (Å²) in [5.74, 6) is 2.26. The lowest BCUT2D eigenvalue weighted by Crippen LogP contribution is -2.16. The van der Waals surface area contributed by atoms with Crippen molar-refractivity contribution in [3.63, 3.8) is 0 Å². The molecule has 0 aromatic carbocycles.